The number of nitrogens with zero attached hydrogens (tertiary/aromatic N) is 5. The number of aromatic nitrogens is 4. The van der Waals surface area contributed by atoms with Gasteiger partial charge in [0.05, 0.1) is 19.5 Å². The maximum absolute atomic E-state index is 13.2. The number of carbonyl (C=O) groups excluding carboxylic acids is 1. The van der Waals surface area contributed by atoms with Gasteiger partial charge in [-0.3, -0.25) is 14.3 Å². The zero-order chi connectivity index (χ0) is 24.5. The highest BCUT2D eigenvalue weighted by Crippen LogP contribution is 2.29. The maximum atomic E-state index is 13.2. The molecule has 0 atom stereocenters. The van der Waals surface area contributed by atoms with Crippen molar-refractivity contribution in [3.63, 3.8) is 0 Å². The highest BCUT2D eigenvalue weighted by Gasteiger charge is 2.20. The zero-order valence-corrected chi connectivity index (χ0v) is 20.5. The first-order valence-corrected chi connectivity index (χ1v) is 12.1. The molecule has 4 aromatic rings. The molecule has 0 aliphatic heterocycles. The van der Waals surface area contributed by atoms with E-state index in [1.165, 1.54) is 11.8 Å². The topological polar surface area (TPSA) is 82.4 Å². The minimum atomic E-state index is 0.00523. The standard InChI is InChI=1S/C26H27N5O3S/c1-33-17-16-30(18-20-6-4-3-5-7-20)24(32)19-35-26-29-28-25(21-12-14-27-15-13-21)31(26)22-8-10-23(34-2)11-9-22/h3-15H,16-19H2,1-2H3. The summed E-state index contributed by atoms with van der Waals surface area (Å²) in [5, 5.41) is 9.48. The van der Waals surface area contributed by atoms with Crippen LogP contribution in [-0.2, 0) is 16.1 Å². The Hall–Kier alpha value is -3.69. The number of hydrogen-bond donors (Lipinski definition) is 0. The Balaban J connectivity index is 1.57. The molecule has 0 aliphatic rings. The molecule has 1 amide bonds. The molecule has 2 aromatic carbocycles. The molecule has 0 radical (unpaired) electrons. The van der Waals surface area contributed by atoms with Crippen LogP contribution in [0, 0.1) is 0 Å². The Morgan fingerprint density at radius 3 is 2.40 bits per heavy atom. The number of benzene rings is 2. The fourth-order valence-electron chi connectivity index (χ4n) is 3.53. The molecule has 0 bridgehead atoms. The highest BCUT2D eigenvalue weighted by atomic mass is 32.2. The SMILES string of the molecule is COCCN(Cc1ccccc1)C(=O)CSc1nnc(-c2ccncc2)n1-c1ccc(OC)cc1. The van der Waals surface area contributed by atoms with Crippen LogP contribution >= 0.6 is 11.8 Å². The quantitative estimate of drug-likeness (QED) is 0.293. The van der Waals surface area contributed by atoms with Crippen LogP contribution < -0.4 is 4.74 Å². The molecule has 35 heavy (non-hydrogen) atoms. The number of methoxy groups -OCH3 is 2. The Labute approximate surface area is 208 Å². The third kappa shape index (κ3) is 6.26. The Morgan fingerprint density at radius 1 is 0.971 bits per heavy atom. The lowest BCUT2D eigenvalue weighted by atomic mass is 10.2. The molecule has 4 rings (SSSR count). The van der Waals surface area contributed by atoms with Crippen LogP contribution in [0.2, 0.25) is 0 Å². The van der Waals surface area contributed by atoms with E-state index in [9.17, 15) is 4.79 Å². The van der Waals surface area contributed by atoms with Crippen molar-refractivity contribution >= 4 is 17.7 Å². The molecule has 8 nitrogen and oxygen atoms in total. The third-order valence-electron chi connectivity index (χ3n) is 5.36. The number of hydrogen-bond acceptors (Lipinski definition) is 7. The number of amides is 1. The summed E-state index contributed by atoms with van der Waals surface area (Å²) in [4.78, 5) is 19.1. The minimum Gasteiger partial charge on any atom is -0.497 e. The molecule has 180 valence electrons. The van der Waals surface area contributed by atoms with Gasteiger partial charge in [0.15, 0.2) is 11.0 Å². The Morgan fingerprint density at radius 2 is 1.71 bits per heavy atom. The molecule has 2 heterocycles. The number of pyridine rings is 1. The molecule has 0 saturated carbocycles. The van der Waals surface area contributed by atoms with Gasteiger partial charge < -0.3 is 14.4 Å². The first-order valence-electron chi connectivity index (χ1n) is 11.1. The van der Waals surface area contributed by atoms with E-state index in [2.05, 4.69) is 15.2 Å². The van der Waals surface area contributed by atoms with Crippen molar-refractivity contribution in [2.75, 3.05) is 33.1 Å². The lowest BCUT2D eigenvalue weighted by molar-refractivity contribution is -0.129. The average molecular weight is 490 g/mol. The summed E-state index contributed by atoms with van der Waals surface area (Å²) in [6.45, 7) is 1.51. The van der Waals surface area contributed by atoms with E-state index in [0.717, 1.165) is 22.6 Å². The summed E-state index contributed by atoms with van der Waals surface area (Å²) < 4.78 is 12.5. The molecule has 9 heteroatoms. The van der Waals surface area contributed by atoms with Crippen molar-refractivity contribution in [3.8, 4) is 22.8 Å². The second-order valence-electron chi connectivity index (χ2n) is 7.66. The lowest BCUT2D eigenvalue weighted by Crippen LogP contribution is -2.34. The van der Waals surface area contributed by atoms with E-state index in [-0.39, 0.29) is 11.7 Å². The van der Waals surface area contributed by atoms with E-state index in [1.807, 2.05) is 76.2 Å². The second kappa shape index (κ2) is 12.1. The Bertz CT molecular complexity index is 1220. The van der Waals surface area contributed by atoms with Gasteiger partial charge in [-0.25, -0.2) is 0 Å². The van der Waals surface area contributed by atoms with E-state index >= 15 is 0 Å². The maximum Gasteiger partial charge on any atom is 0.233 e. The minimum absolute atomic E-state index is 0.00523. The summed E-state index contributed by atoms with van der Waals surface area (Å²) in [6, 6.07) is 21.4. The van der Waals surface area contributed by atoms with Crippen molar-refractivity contribution in [1.29, 1.82) is 0 Å². The van der Waals surface area contributed by atoms with Gasteiger partial charge in [0.2, 0.25) is 5.91 Å². The van der Waals surface area contributed by atoms with Crippen LogP contribution in [0.15, 0.2) is 84.3 Å². The number of carbonyl (C=O) groups is 1. The van der Waals surface area contributed by atoms with Crippen molar-refractivity contribution in [2.24, 2.45) is 0 Å². The van der Waals surface area contributed by atoms with Crippen LogP contribution in [0.4, 0.5) is 0 Å². The molecule has 0 fully saturated rings. The van der Waals surface area contributed by atoms with E-state index < -0.39 is 0 Å². The van der Waals surface area contributed by atoms with Crippen molar-refractivity contribution in [3.05, 3.63) is 84.7 Å². The van der Waals surface area contributed by atoms with Gasteiger partial charge in [0.25, 0.3) is 0 Å². The molecule has 0 unspecified atom stereocenters. The monoisotopic (exact) mass is 489 g/mol. The molecule has 0 aliphatic carbocycles. The van der Waals surface area contributed by atoms with Gasteiger partial charge in [0.1, 0.15) is 5.75 Å². The van der Waals surface area contributed by atoms with E-state index in [4.69, 9.17) is 9.47 Å². The summed E-state index contributed by atoms with van der Waals surface area (Å²) in [7, 11) is 3.27. The highest BCUT2D eigenvalue weighted by molar-refractivity contribution is 7.99. The largest absolute Gasteiger partial charge is 0.497 e. The number of rotatable bonds is 11. The van der Waals surface area contributed by atoms with Crippen LogP contribution in [0.1, 0.15) is 5.56 Å². The summed E-state index contributed by atoms with van der Waals surface area (Å²) in [5.41, 5.74) is 2.83. The fourth-order valence-corrected chi connectivity index (χ4v) is 4.38. The van der Waals surface area contributed by atoms with E-state index in [1.54, 1.807) is 26.6 Å². The van der Waals surface area contributed by atoms with Crippen molar-refractivity contribution in [1.82, 2.24) is 24.6 Å². The lowest BCUT2D eigenvalue weighted by Gasteiger charge is -2.22. The second-order valence-corrected chi connectivity index (χ2v) is 8.60. The van der Waals surface area contributed by atoms with Gasteiger partial charge in [-0.15, -0.1) is 10.2 Å². The molecule has 2 aromatic heterocycles. The predicted molar refractivity (Wildman–Crippen MR) is 136 cm³/mol. The average Bonchev–Trinajstić information content (AvgIpc) is 3.34. The first kappa shape index (κ1) is 24.4. The van der Waals surface area contributed by atoms with Crippen molar-refractivity contribution in [2.45, 2.75) is 11.7 Å². The van der Waals surface area contributed by atoms with Crippen molar-refractivity contribution < 1.29 is 14.3 Å². The number of thioether (sulfide) groups is 1. The normalized spacial score (nSPS) is 10.8. The molecule has 0 spiro atoms. The van der Waals surface area contributed by atoms with Crippen LogP contribution in [0.25, 0.3) is 17.1 Å². The number of ether oxygens (including phenoxy) is 2. The zero-order valence-electron chi connectivity index (χ0n) is 19.7. The summed E-state index contributed by atoms with van der Waals surface area (Å²) in [6.07, 6.45) is 3.44. The predicted octanol–water partition coefficient (Wildman–Crippen LogP) is 4.11. The summed E-state index contributed by atoms with van der Waals surface area (Å²) >= 11 is 1.36. The van der Waals surface area contributed by atoms with Crippen LogP contribution in [-0.4, -0.2) is 63.7 Å². The van der Waals surface area contributed by atoms with E-state index in [0.29, 0.717) is 30.7 Å². The van der Waals surface area contributed by atoms with Gasteiger partial charge in [0, 0.05) is 43.8 Å². The van der Waals surface area contributed by atoms with Gasteiger partial charge in [-0.05, 0) is 42.0 Å². The molecular formula is C26H27N5O3S. The van der Waals surface area contributed by atoms with Crippen LogP contribution in [0.5, 0.6) is 5.75 Å². The van der Waals surface area contributed by atoms with Gasteiger partial charge in [-0.1, -0.05) is 42.1 Å². The third-order valence-corrected chi connectivity index (χ3v) is 6.28. The van der Waals surface area contributed by atoms with Gasteiger partial charge in [-0.2, -0.15) is 0 Å². The fraction of sp³-hybridized carbons (Fsp3) is 0.231. The first-order chi connectivity index (χ1) is 17.2. The van der Waals surface area contributed by atoms with Gasteiger partial charge >= 0.3 is 0 Å². The summed E-state index contributed by atoms with van der Waals surface area (Å²) in [5.74, 6) is 1.66. The smallest absolute Gasteiger partial charge is 0.233 e. The molecule has 0 saturated heterocycles. The van der Waals surface area contributed by atoms with Crippen LogP contribution in [0.3, 0.4) is 0 Å². The molecular weight excluding hydrogens is 462 g/mol. The molecule has 0 N–H and O–H groups in total. The Kier molecular flexibility index (Phi) is 8.48.